The largest absolute Gasteiger partial charge is 0.276 e. The lowest BCUT2D eigenvalue weighted by atomic mass is 9.71. The summed E-state index contributed by atoms with van der Waals surface area (Å²) in [6.45, 7) is 0. The Balaban J connectivity index is 2.06. The fourth-order valence-corrected chi connectivity index (χ4v) is 4.85. The van der Waals surface area contributed by atoms with Crippen molar-refractivity contribution in [2.75, 3.05) is 0 Å². The van der Waals surface area contributed by atoms with E-state index in [2.05, 4.69) is 0 Å². The van der Waals surface area contributed by atoms with Gasteiger partial charge in [-0.3, -0.25) is 9.59 Å². The van der Waals surface area contributed by atoms with Crippen LogP contribution >= 0.6 is 23.2 Å². The van der Waals surface area contributed by atoms with E-state index in [1.165, 1.54) is 24.3 Å². The van der Waals surface area contributed by atoms with E-state index in [-0.39, 0.29) is 28.3 Å². The minimum Gasteiger partial charge on any atom is -0.276 e. The maximum Gasteiger partial charge on any atom is 0.258 e. The third-order valence-electron chi connectivity index (χ3n) is 6.10. The molecule has 0 atom stereocenters. The highest BCUT2D eigenvalue weighted by atomic mass is 35.5. The van der Waals surface area contributed by atoms with E-state index in [0.29, 0.717) is 6.07 Å². The number of carbonyl (C=O) groups excluding carboxylic acids is 2. The summed E-state index contributed by atoms with van der Waals surface area (Å²) in [7, 11) is 0. The van der Waals surface area contributed by atoms with Crippen molar-refractivity contribution in [3.05, 3.63) is 94.1 Å². The molecule has 0 heterocycles. The second-order valence-electron chi connectivity index (χ2n) is 8.04. The van der Waals surface area contributed by atoms with Gasteiger partial charge in [0.05, 0.1) is 11.1 Å². The fourth-order valence-electron chi connectivity index (χ4n) is 4.53. The summed E-state index contributed by atoms with van der Waals surface area (Å²) in [6, 6.07) is 6.16. The zero-order chi connectivity index (χ0) is 27.8. The van der Waals surface area contributed by atoms with Crippen molar-refractivity contribution < 1.29 is 44.7 Å². The number of halogens is 10. The molecule has 0 amide bonds. The van der Waals surface area contributed by atoms with Gasteiger partial charge in [-0.2, -0.15) is 0 Å². The van der Waals surface area contributed by atoms with Crippen LogP contribution in [0.5, 0.6) is 0 Å². The standard InChI is InChI=1S/C26H6Cl2F8O2/c27-25(37)10-5-9(16-19(31)11(29)6-12(30)20(16)32)15(14-8-4-2-1-3-7(8)13(10)14)17-21(33)23(35)18(26(28)38)24(36)22(17)34/h1-6H. The van der Waals surface area contributed by atoms with Crippen molar-refractivity contribution in [3.8, 4) is 44.5 Å². The first-order valence-electron chi connectivity index (χ1n) is 10.3. The Morgan fingerprint density at radius 3 is 1.47 bits per heavy atom. The lowest BCUT2D eigenvalue weighted by Crippen LogP contribution is -2.14. The number of carbonyl (C=O) groups is 2. The van der Waals surface area contributed by atoms with E-state index < -0.39 is 90.4 Å². The van der Waals surface area contributed by atoms with E-state index in [0.717, 1.165) is 0 Å². The molecular formula is C26H6Cl2F8O2. The van der Waals surface area contributed by atoms with Crippen molar-refractivity contribution >= 4 is 33.7 Å². The monoisotopic (exact) mass is 572 g/mol. The number of benzene rings is 4. The molecule has 5 rings (SSSR count). The third-order valence-corrected chi connectivity index (χ3v) is 6.49. The molecule has 38 heavy (non-hydrogen) atoms. The number of rotatable bonds is 4. The molecule has 4 aromatic rings. The highest BCUT2D eigenvalue weighted by Gasteiger charge is 2.39. The lowest BCUT2D eigenvalue weighted by Gasteiger charge is -2.31. The van der Waals surface area contributed by atoms with Gasteiger partial charge in [0.15, 0.2) is 46.5 Å². The van der Waals surface area contributed by atoms with E-state index in [9.17, 15) is 35.9 Å². The van der Waals surface area contributed by atoms with Gasteiger partial charge in [0.1, 0.15) is 5.56 Å². The van der Waals surface area contributed by atoms with Crippen LogP contribution in [0.1, 0.15) is 20.7 Å². The Morgan fingerprint density at radius 2 is 1.00 bits per heavy atom. The molecule has 2 nitrogen and oxygen atoms in total. The second-order valence-corrected chi connectivity index (χ2v) is 8.73. The van der Waals surface area contributed by atoms with Crippen LogP contribution in [-0.4, -0.2) is 10.5 Å². The average Bonchev–Trinajstić information content (AvgIpc) is 2.85. The normalized spacial score (nSPS) is 11.6. The van der Waals surface area contributed by atoms with Gasteiger partial charge in [0.25, 0.3) is 10.5 Å². The molecule has 0 aliphatic heterocycles. The van der Waals surface area contributed by atoms with Gasteiger partial charge in [-0.1, -0.05) is 24.3 Å². The topological polar surface area (TPSA) is 34.1 Å². The summed E-state index contributed by atoms with van der Waals surface area (Å²) in [4.78, 5) is 23.7. The van der Waals surface area contributed by atoms with E-state index in [4.69, 9.17) is 23.2 Å². The van der Waals surface area contributed by atoms with Gasteiger partial charge in [0.2, 0.25) is 0 Å². The summed E-state index contributed by atoms with van der Waals surface area (Å²) in [5.74, 6) is -16.8. The first-order valence-corrected chi connectivity index (χ1v) is 11.0. The van der Waals surface area contributed by atoms with Crippen molar-refractivity contribution in [2.45, 2.75) is 0 Å². The lowest BCUT2D eigenvalue weighted by molar-refractivity contribution is 0.106. The molecule has 0 N–H and O–H groups in total. The Bertz CT molecular complexity index is 1710. The van der Waals surface area contributed by atoms with E-state index in [1.54, 1.807) is 0 Å². The molecule has 1 aliphatic carbocycles. The molecule has 0 spiro atoms. The summed E-state index contributed by atoms with van der Waals surface area (Å²) in [5, 5.41) is -3.13. The minimum atomic E-state index is -2.24. The maximum atomic E-state index is 15.4. The SMILES string of the molecule is O=C(Cl)c1cc(-c2c(F)c(F)cc(F)c2F)c(-c2c(F)c(F)c(C(=O)Cl)c(F)c2F)c2c1-c1ccccc1-2. The molecule has 12 heteroatoms. The van der Waals surface area contributed by atoms with Crippen LogP contribution in [0.4, 0.5) is 35.1 Å². The zero-order valence-electron chi connectivity index (χ0n) is 18.1. The summed E-state index contributed by atoms with van der Waals surface area (Å²) in [5.41, 5.74) is -7.54. The summed E-state index contributed by atoms with van der Waals surface area (Å²) in [6.07, 6.45) is 0. The molecule has 0 radical (unpaired) electrons. The molecular weight excluding hydrogens is 567 g/mol. The molecule has 0 aromatic heterocycles. The van der Waals surface area contributed by atoms with Crippen LogP contribution in [-0.2, 0) is 0 Å². The Hall–Kier alpha value is -3.76. The summed E-state index contributed by atoms with van der Waals surface area (Å²) >= 11 is 10.7. The number of hydrogen-bond acceptors (Lipinski definition) is 2. The maximum absolute atomic E-state index is 15.4. The average molecular weight is 573 g/mol. The Labute approximate surface area is 217 Å². The summed E-state index contributed by atoms with van der Waals surface area (Å²) < 4.78 is 118. The predicted molar refractivity (Wildman–Crippen MR) is 122 cm³/mol. The first-order chi connectivity index (χ1) is 17.9. The molecule has 0 saturated heterocycles. The predicted octanol–water partition coefficient (Wildman–Crippen LogP) is 8.54. The van der Waals surface area contributed by atoms with Crippen molar-refractivity contribution in [1.82, 2.24) is 0 Å². The smallest absolute Gasteiger partial charge is 0.258 e. The molecule has 0 fully saturated rings. The molecule has 192 valence electrons. The Morgan fingerprint density at radius 1 is 0.500 bits per heavy atom. The minimum absolute atomic E-state index is 0.0910. The van der Waals surface area contributed by atoms with E-state index in [1.807, 2.05) is 0 Å². The molecule has 1 aliphatic rings. The van der Waals surface area contributed by atoms with E-state index >= 15 is 8.78 Å². The van der Waals surface area contributed by atoms with Crippen LogP contribution in [0.15, 0.2) is 36.4 Å². The quantitative estimate of drug-likeness (QED) is 0.123. The van der Waals surface area contributed by atoms with Crippen LogP contribution in [0.3, 0.4) is 0 Å². The van der Waals surface area contributed by atoms with Crippen molar-refractivity contribution in [1.29, 1.82) is 0 Å². The molecule has 0 bridgehead atoms. The fraction of sp³-hybridized carbons (Fsp3) is 0. The van der Waals surface area contributed by atoms with Crippen LogP contribution in [0.25, 0.3) is 44.5 Å². The van der Waals surface area contributed by atoms with Crippen molar-refractivity contribution in [3.63, 3.8) is 0 Å². The molecule has 0 unspecified atom stereocenters. The van der Waals surface area contributed by atoms with Gasteiger partial charge in [-0.15, -0.1) is 0 Å². The number of fused-ring (bicyclic) bond motifs is 4. The van der Waals surface area contributed by atoms with Gasteiger partial charge in [-0.25, -0.2) is 35.1 Å². The van der Waals surface area contributed by atoms with Gasteiger partial charge >= 0.3 is 0 Å². The van der Waals surface area contributed by atoms with Gasteiger partial charge < -0.3 is 0 Å². The van der Waals surface area contributed by atoms with Crippen molar-refractivity contribution in [2.24, 2.45) is 0 Å². The van der Waals surface area contributed by atoms with Gasteiger partial charge in [-0.05, 0) is 51.5 Å². The second kappa shape index (κ2) is 8.92. The van der Waals surface area contributed by atoms with Gasteiger partial charge in [0, 0.05) is 22.8 Å². The zero-order valence-corrected chi connectivity index (χ0v) is 19.6. The number of hydrogen-bond donors (Lipinski definition) is 0. The van der Waals surface area contributed by atoms with Crippen LogP contribution in [0, 0.1) is 46.5 Å². The highest BCUT2D eigenvalue weighted by molar-refractivity contribution is 6.68. The van der Waals surface area contributed by atoms with Crippen LogP contribution in [0.2, 0.25) is 0 Å². The van der Waals surface area contributed by atoms with Crippen LogP contribution < -0.4 is 0 Å². The highest BCUT2D eigenvalue weighted by Crippen LogP contribution is 2.57. The molecule has 4 aromatic carbocycles. The Kier molecular flexibility index (Phi) is 6.07. The first kappa shape index (κ1) is 25.9. The molecule has 0 saturated carbocycles. The third kappa shape index (κ3) is 3.47.